The van der Waals surface area contributed by atoms with E-state index in [9.17, 15) is 0 Å². The van der Waals surface area contributed by atoms with Crippen LogP contribution in [0.5, 0.6) is 0 Å². The molecule has 0 spiro atoms. The lowest BCUT2D eigenvalue weighted by molar-refractivity contribution is 0.552. The lowest BCUT2D eigenvalue weighted by atomic mass is 10.2. The van der Waals surface area contributed by atoms with Gasteiger partial charge < -0.3 is 5.32 Å². The van der Waals surface area contributed by atoms with Crippen LogP contribution in [-0.4, -0.2) is 21.3 Å². The van der Waals surface area contributed by atoms with Crippen molar-refractivity contribution in [3.63, 3.8) is 0 Å². The highest BCUT2D eigenvalue weighted by molar-refractivity contribution is 6.31. The van der Waals surface area contributed by atoms with Crippen molar-refractivity contribution in [2.24, 2.45) is 5.92 Å². The average Bonchev–Trinajstić information content (AvgIpc) is 2.67. The van der Waals surface area contributed by atoms with Crippen molar-refractivity contribution in [1.82, 2.24) is 20.1 Å². The fourth-order valence-electron chi connectivity index (χ4n) is 2.00. The molecule has 5 heteroatoms. The first-order valence-corrected chi connectivity index (χ1v) is 7.24. The molecule has 2 heterocycles. The number of hydrogen-bond acceptors (Lipinski definition) is 3. The first-order chi connectivity index (χ1) is 9.49. The van der Waals surface area contributed by atoms with E-state index in [0.29, 0.717) is 10.9 Å². The summed E-state index contributed by atoms with van der Waals surface area (Å²) in [6.07, 6.45) is 1.88. The number of aryl methyl sites for hydroxylation is 1. The Hall–Kier alpha value is -1.39. The molecule has 4 nitrogen and oxygen atoms in total. The number of nitrogens with zero attached hydrogens (tertiary/aromatic N) is 3. The monoisotopic (exact) mass is 292 g/mol. The maximum Gasteiger partial charge on any atom is 0.153 e. The second-order valence-corrected chi connectivity index (χ2v) is 5.82. The molecular formula is C15H21ClN4. The smallest absolute Gasteiger partial charge is 0.153 e. The van der Waals surface area contributed by atoms with E-state index in [1.54, 1.807) is 4.68 Å². The molecule has 0 saturated heterocycles. The van der Waals surface area contributed by atoms with Gasteiger partial charge >= 0.3 is 0 Å². The quantitative estimate of drug-likeness (QED) is 0.919. The number of pyridine rings is 1. The van der Waals surface area contributed by atoms with Crippen LogP contribution in [0.1, 0.15) is 30.8 Å². The van der Waals surface area contributed by atoms with Gasteiger partial charge in [0.2, 0.25) is 0 Å². The minimum Gasteiger partial charge on any atom is -0.312 e. The third-order valence-corrected chi connectivity index (χ3v) is 3.66. The van der Waals surface area contributed by atoms with Crippen LogP contribution in [0.3, 0.4) is 0 Å². The molecule has 2 rings (SSSR count). The number of rotatable bonds is 5. The normalized spacial score (nSPS) is 11.3. The molecule has 1 N–H and O–H groups in total. The first-order valence-electron chi connectivity index (χ1n) is 6.86. The molecule has 0 aliphatic carbocycles. The van der Waals surface area contributed by atoms with Crippen LogP contribution in [0, 0.1) is 19.8 Å². The van der Waals surface area contributed by atoms with Gasteiger partial charge in [-0.25, -0.2) is 9.67 Å². The maximum absolute atomic E-state index is 6.16. The SMILES string of the molecule is Cc1nn(-c2ccc(CNCC(C)C)cn2)c(C)c1Cl. The summed E-state index contributed by atoms with van der Waals surface area (Å²) < 4.78 is 1.78. The van der Waals surface area contributed by atoms with Crippen molar-refractivity contribution in [3.8, 4) is 5.82 Å². The molecule has 0 aliphatic rings. The van der Waals surface area contributed by atoms with Gasteiger partial charge in [0.25, 0.3) is 0 Å². The Balaban J connectivity index is 2.10. The van der Waals surface area contributed by atoms with E-state index in [4.69, 9.17) is 11.6 Å². The second-order valence-electron chi connectivity index (χ2n) is 5.45. The van der Waals surface area contributed by atoms with Gasteiger partial charge in [-0.3, -0.25) is 0 Å². The zero-order valence-corrected chi connectivity index (χ0v) is 13.2. The molecule has 20 heavy (non-hydrogen) atoms. The molecule has 0 unspecified atom stereocenters. The zero-order chi connectivity index (χ0) is 14.7. The van der Waals surface area contributed by atoms with Crippen LogP contribution in [0.15, 0.2) is 18.3 Å². The maximum atomic E-state index is 6.16. The van der Waals surface area contributed by atoms with E-state index < -0.39 is 0 Å². The predicted octanol–water partition coefficient (Wildman–Crippen LogP) is 3.28. The summed E-state index contributed by atoms with van der Waals surface area (Å²) in [6, 6.07) is 4.04. The Bertz CT molecular complexity index is 572. The molecule has 0 bridgehead atoms. The van der Waals surface area contributed by atoms with Gasteiger partial charge in [0.1, 0.15) is 0 Å². The van der Waals surface area contributed by atoms with Crippen molar-refractivity contribution >= 4 is 11.6 Å². The lowest BCUT2D eigenvalue weighted by Gasteiger charge is -2.08. The van der Waals surface area contributed by atoms with E-state index in [-0.39, 0.29) is 0 Å². The largest absolute Gasteiger partial charge is 0.312 e. The molecule has 0 atom stereocenters. The van der Waals surface area contributed by atoms with E-state index >= 15 is 0 Å². The van der Waals surface area contributed by atoms with E-state index in [0.717, 1.165) is 30.3 Å². The third kappa shape index (κ3) is 3.38. The zero-order valence-electron chi connectivity index (χ0n) is 12.4. The van der Waals surface area contributed by atoms with E-state index in [2.05, 4.69) is 35.3 Å². The highest BCUT2D eigenvalue weighted by Gasteiger charge is 2.11. The highest BCUT2D eigenvalue weighted by atomic mass is 35.5. The summed E-state index contributed by atoms with van der Waals surface area (Å²) in [5.41, 5.74) is 2.91. The molecule has 0 radical (unpaired) electrons. The predicted molar refractivity (Wildman–Crippen MR) is 82.4 cm³/mol. The van der Waals surface area contributed by atoms with Gasteiger partial charge in [0.15, 0.2) is 5.82 Å². The highest BCUT2D eigenvalue weighted by Crippen LogP contribution is 2.21. The fourth-order valence-corrected chi connectivity index (χ4v) is 2.12. The van der Waals surface area contributed by atoms with Crippen molar-refractivity contribution in [3.05, 3.63) is 40.3 Å². The summed E-state index contributed by atoms with van der Waals surface area (Å²) >= 11 is 6.16. The lowest BCUT2D eigenvalue weighted by Crippen LogP contribution is -2.19. The first kappa shape index (κ1) is 15.0. The van der Waals surface area contributed by atoms with Gasteiger partial charge in [-0.1, -0.05) is 31.5 Å². The molecule has 0 amide bonds. The van der Waals surface area contributed by atoms with Crippen LogP contribution in [0.25, 0.3) is 5.82 Å². The number of nitrogens with one attached hydrogen (secondary N) is 1. The van der Waals surface area contributed by atoms with Crippen LogP contribution < -0.4 is 5.32 Å². The Morgan fingerprint density at radius 2 is 2.05 bits per heavy atom. The Kier molecular flexibility index (Phi) is 4.78. The third-order valence-electron chi connectivity index (χ3n) is 3.11. The number of halogens is 1. The number of aromatic nitrogens is 3. The average molecular weight is 293 g/mol. The summed E-state index contributed by atoms with van der Waals surface area (Å²) in [6.45, 7) is 10.1. The Labute approximate surface area is 125 Å². The van der Waals surface area contributed by atoms with Crippen molar-refractivity contribution < 1.29 is 0 Å². The molecule has 0 fully saturated rings. The summed E-state index contributed by atoms with van der Waals surface area (Å²) in [4.78, 5) is 4.46. The molecule has 0 aromatic carbocycles. The molecule has 0 aliphatic heterocycles. The topological polar surface area (TPSA) is 42.7 Å². The van der Waals surface area contributed by atoms with Gasteiger partial charge in [-0.2, -0.15) is 5.10 Å². The van der Waals surface area contributed by atoms with Crippen LogP contribution in [0.4, 0.5) is 0 Å². The molecule has 108 valence electrons. The molecular weight excluding hydrogens is 272 g/mol. The summed E-state index contributed by atoms with van der Waals surface area (Å²) in [7, 11) is 0. The van der Waals surface area contributed by atoms with Gasteiger partial charge in [0.05, 0.1) is 16.4 Å². The van der Waals surface area contributed by atoms with Crippen LogP contribution in [-0.2, 0) is 6.54 Å². The van der Waals surface area contributed by atoms with Gasteiger partial charge in [0, 0.05) is 12.7 Å². The Morgan fingerprint density at radius 3 is 2.55 bits per heavy atom. The minimum absolute atomic E-state index is 0.652. The fraction of sp³-hybridized carbons (Fsp3) is 0.467. The van der Waals surface area contributed by atoms with E-state index in [1.807, 2.05) is 26.1 Å². The molecule has 2 aromatic heterocycles. The van der Waals surface area contributed by atoms with Gasteiger partial charge in [-0.05, 0) is 37.9 Å². The summed E-state index contributed by atoms with van der Waals surface area (Å²) in [5, 5.41) is 8.51. The van der Waals surface area contributed by atoms with Crippen molar-refractivity contribution in [2.45, 2.75) is 34.2 Å². The van der Waals surface area contributed by atoms with Crippen molar-refractivity contribution in [2.75, 3.05) is 6.54 Å². The standard InChI is InChI=1S/C15H21ClN4/c1-10(2)7-17-8-13-5-6-14(18-9-13)20-12(4)15(16)11(3)19-20/h5-6,9-10,17H,7-8H2,1-4H3. The minimum atomic E-state index is 0.652. The van der Waals surface area contributed by atoms with Crippen LogP contribution in [0.2, 0.25) is 5.02 Å². The molecule has 0 saturated carbocycles. The van der Waals surface area contributed by atoms with Crippen molar-refractivity contribution in [1.29, 1.82) is 0 Å². The second kappa shape index (κ2) is 6.37. The summed E-state index contributed by atoms with van der Waals surface area (Å²) in [5.74, 6) is 1.45. The molecule has 2 aromatic rings. The van der Waals surface area contributed by atoms with Crippen LogP contribution >= 0.6 is 11.6 Å². The van der Waals surface area contributed by atoms with E-state index in [1.165, 1.54) is 5.56 Å². The van der Waals surface area contributed by atoms with Gasteiger partial charge in [-0.15, -0.1) is 0 Å². The Morgan fingerprint density at radius 1 is 1.30 bits per heavy atom. The number of hydrogen-bond donors (Lipinski definition) is 1.